The van der Waals surface area contributed by atoms with E-state index in [-0.39, 0.29) is 0 Å². The van der Waals surface area contributed by atoms with Crippen LogP contribution < -0.4 is 5.32 Å². The molecule has 1 rings (SSSR count). The van der Waals surface area contributed by atoms with E-state index in [2.05, 4.69) is 22.3 Å². The molecule has 4 nitrogen and oxygen atoms in total. The Bertz CT molecular complexity index is 249. The summed E-state index contributed by atoms with van der Waals surface area (Å²) < 4.78 is 1.73. The first-order valence-electron chi connectivity index (χ1n) is 4.96. The summed E-state index contributed by atoms with van der Waals surface area (Å²) in [5, 5.41) is 7.50. The van der Waals surface area contributed by atoms with Crippen molar-refractivity contribution in [3.05, 3.63) is 12.2 Å². The van der Waals surface area contributed by atoms with E-state index in [1.165, 1.54) is 17.9 Å². The minimum absolute atomic E-state index is 0.775. The number of hydrogen-bond donors (Lipinski definition) is 1. The van der Waals surface area contributed by atoms with Crippen molar-refractivity contribution in [1.29, 1.82) is 0 Å². The smallest absolute Gasteiger partial charge is 0.164 e. The van der Waals surface area contributed by atoms with Gasteiger partial charge in [-0.05, 0) is 24.5 Å². The van der Waals surface area contributed by atoms with Crippen molar-refractivity contribution in [2.75, 3.05) is 18.1 Å². The lowest BCUT2D eigenvalue weighted by molar-refractivity contribution is 0.642. The van der Waals surface area contributed by atoms with Crippen molar-refractivity contribution >= 4 is 11.8 Å². The predicted octanol–water partition coefficient (Wildman–Crippen LogP) is 1.05. The molecule has 0 spiro atoms. The molecule has 1 heterocycles. The zero-order chi connectivity index (χ0) is 10.2. The van der Waals surface area contributed by atoms with Gasteiger partial charge in [0.05, 0.1) is 6.54 Å². The average Bonchev–Trinajstić information content (AvgIpc) is 2.58. The largest absolute Gasteiger partial charge is 0.310 e. The molecule has 0 aliphatic carbocycles. The van der Waals surface area contributed by atoms with Crippen LogP contribution in [0, 0.1) is 0 Å². The topological polar surface area (TPSA) is 42.7 Å². The number of nitrogens with zero attached hydrogens (tertiary/aromatic N) is 3. The molecule has 1 aromatic rings. The molecule has 14 heavy (non-hydrogen) atoms. The average molecular weight is 214 g/mol. The third-order valence-corrected chi connectivity index (χ3v) is 2.76. The van der Waals surface area contributed by atoms with Gasteiger partial charge in [0.1, 0.15) is 6.33 Å². The van der Waals surface area contributed by atoms with E-state index in [0.29, 0.717) is 0 Å². The van der Waals surface area contributed by atoms with Crippen LogP contribution in [0.5, 0.6) is 0 Å². The number of rotatable bonds is 7. The molecule has 0 atom stereocenters. The lowest BCUT2D eigenvalue weighted by Gasteiger charge is -2.00. The maximum atomic E-state index is 4.18. The first-order valence-corrected chi connectivity index (χ1v) is 6.11. The number of thioether (sulfide) groups is 1. The Labute approximate surface area is 89.5 Å². The van der Waals surface area contributed by atoms with Crippen molar-refractivity contribution < 1.29 is 0 Å². The number of aryl methyl sites for hydroxylation is 1. The normalized spacial score (nSPS) is 10.7. The third kappa shape index (κ3) is 4.62. The summed E-state index contributed by atoms with van der Waals surface area (Å²) in [7, 11) is 1.88. The van der Waals surface area contributed by atoms with Gasteiger partial charge in [0.15, 0.2) is 5.82 Å². The van der Waals surface area contributed by atoms with E-state index in [4.69, 9.17) is 0 Å². The van der Waals surface area contributed by atoms with E-state index >= 15 is 0 Å². The van der Waals surface area contributed by atoms with Gasteiger partial charge in [-0.25, -0.2) is 4.98 Å². The highest BCUT2D eigenvalue weighted by Crippen LogP contribution is 1.99. The van der Waals surface area contributed by atoms with Crippen LogP contribution in [0.15, 0.2) is 6.33 Å². The van der Waals surface area contributed by atoms with Crippen LogP contribution in [-0.4, -0.2) is 32.8 Å². The molecule has 0 fully saturated rings. The molecule has 0 amide bonds. The van der Waals surface area contributed by atoms with Crippen molar-refractivity contribution in [3.63, 3.8) is 0 Å². The molecule has 1 aromatic heterocycles. The second-order valence-corrected chi connectivity index (χ2v) is 4.46. The molecule has 80 valence electrons. The second kappa shape index (κ2) is 6.84. The van der Waals surface area contributed by atoms with E-state index in [0.717, 1.165) is 18.9 Å². The SMILES string of the molecule is CCSCCCNCc1ncn(C)n1. The van der Waals surface area contributed by atoms with Crippen molar-refractivity contribution in [1.82, 2.24) is 20.1 Å². The Balaban J connectivity index is 1.99. The van der Waals surface area contributed by atoms with Gasteiger partial charge in [-0.2, -0.15) is 16.9 Å². The minimum atomic E-state index is 0.775. The van der Waals surface area contributed by atoms with Crippen molar-refractivity contribution in [2.24, 2.45) is 7.05 Å². The molecule has 0 aliphatic rings. The van der Waals surface area contributed by atoms with E-state index < -0.39 is 0 Å². The number of hydrogen-bond acceptors (Lipinski definition) is 4. The second-order valence-electron chi connectivity index (χ2n) is 3.06. The van der Waals surface area contributed by atoms with Crippen molar-refractivity contribution in [2.45, 2.75) is 19.9 Å². The molecule has 0 unspecified atom stereocenters. The molecular weight excluding hydrogens is 196 g/mol. The van der Waals surface area contributed by atoms with Crippen LogP contribution in [0.3, 0.4) is 0 Å². The van der Waals surface area contributed by atoms with Crippen LogP contribution in [0.1, 0.15) is 19.2 Å². The van der Waals surface area contributed by atoms with Crippen LogP contribution in [-0.2, 0) is 13.6 Å². The van der Waals surface area contributed by atoms with Gasteiger partial charge < -0.3 is 5.32 Å². The monoisotopic (exact) mass is 214 g/mol. The summed E-state index contributed by atoms with van der Waals surface area (Å²) in [6.07, 6.45) is 2.94. The molecule has 0 radical (unpaired) electrons. The highest BCUT2D eigenvalue weighted by Gasteiger charge is 1.96. The molecule has 0 bridgehead atoms. The zero-order valence-electron chi connectivity index (χ0n) is 8.86. The predicted molar refractivity (Wildman–Crippen MR) is 60.3 cm³/mol. The molecule has 1 N–H and O–H groups in total. The van der Waals surface area contributed by atoms with Gasteiger partial charge >= 0.3 is 0 Å². The summed E-state index contributed by atoms with van der Waals surface area (Å²) >= 11 is 1.98. The highest BCUT2D eigenvalue weighted by atomic mass is 32.2. The Kier molecular flexibility index (Phi) is 5.63. The fraction of sp³-hybridized carbons (Fsp3) is 0.778. The maximum absolute atomic E-state index is 4.18. The zero-order valence-corrected chi connectivity index (χ0v) is 9.68. The number of nitrogens with one attached hydrogen (secondary N) is 1. The van der Waals surface area contributed by atoms with Crippen LogP contribution >= 0.6 is 11.8 Å². The molecule has 0 aromatic carbocycles. The van der Waals surface area contributed by atoms with Crippen LogP contribution in [0.25, 0.3) is 0 Å². The van der Waals surface area contributed by atoms with Gasteiger partial charge in [-0.3, -0.25) is 4.68 Å². The first-order chi connectivity index (χ1) is 6.83. The standard InChI is InChI=1S/C9H18N4S/c1-3-14-6-4-5-10-7-9-11-8-13(2)12-9/h8,10H,3-7H2,1-2H3. The Morgan fingerprint density at radius 2 is 2.43 bits per heavy atom. The molecule has 0 saturated heterocycles. The quantitative estimate of drug-likeness (QED) is 0.689. The summed E-state index contributed by atoms with van der Waals surface area (Å²) in [6, 6.07) is 0. The van der Waals surface area contributed by atoms with E-state index in [1.54, 1.807) is 11.0 Å². The highest BCUT2D eigenvalue weighted by molar-refractivity contribution is 7.99. The molecule has 0 saturated carbocycles. The Morgan fingerprint density at radius 1 is 1.57 bits per heavy atom. The van der Waals surface area contributed by atoms with Gasteiger partial charge in [0, 0.05) is 7.05 Å². The molecule has 5 heteroatoms. The van der Waals surface area contributed by atoms with Crippen LogP contribution in [0.2, 0.25) is 0 Å². The summed E-state index contributed by atoms with van der Waals surface area (Å²) in [6.45, 7) is 4.01. The lowest BCUT2D eigenvalue weighted by Crippen LogP contribution is -2.16. The fourth-order valence-electron chi connectivity index (χ4n) is 1.11. The molecule has 0 aliphatic heterocycles. The first kappa shape index (κ1) is 11.5. The van der Waals surface area contributed by atoms with Gasteiger partial charge in [0.2, 0.25) is 0 Å². The molecular formula is C9H18N4S. The Hall–Kier alpha value is -0.550. The van der Waals surface area contributed by atoms with Crippen LogP contribution in [0.4, 0.5) is 0 Å². The summed E-state index contributed by atoms with van der Waals surface area (Å²) in [5.41, 5.74) is 0. The Morgan fingerprint density at radius 3 is 3.07 bits per heavy atom. The summed E-state index contributed by atoms with van der Waals surface area (Å²) in [5.74, 6) is 3.32. The maximum Gasteiger partial charge on any atom is 0.164 e. The van der Waals surface area contributed by atoms with Gasteiger partial charge in [-0.15, -0.1) is 0 Å². The third-order valence-electron chi connectivity index (χ3n) is 1.78. The number of aromatic nitrogens is 3. The lowest BCUT2D eigenvalue weighted by atomic mass is 10.4. The van der Waals surface area contributed by atoms with Gasteiger partial charge in [0.25, 0.3) is 0 Å². The van der Waals surface area contributed by atoms with Crippen molar-refractivity contribution in [3.8, 4) is 0 Å². The summed E-state index contributed by atoms with van der Waals surface area (Å²) in [4.78, 5) is 4.13. The van der Waals surface area contributed by atoms with Gasteiger partial charge in [-0.1, -0.05) is 6.92 Å². The fourth-order valence-corrected chi connectivity index (χ4v) is 1.75. The minimum Gasteiger partial charge on any atom is -0.310 e. The van der Waals surface area contributed by atoms with E-state index in [1.807, 2.05) is 18.8 Å². The van der Waals surface area contributed by atoms with E-state index in [9.17, 15) is 0 Å².